The van der Waals surface area contributed by atoms with E-state index in [-0.39, 0.29) is 0 Å². The molecule has 3 nitrogen and oxygen atoms in total. The van der Waals surface area contributed by atoms with Crippen molar-refractivity contribution in [3.63, 3.8) is 0 Å². The molecule has 0 fully saturated rings. The molecule has 0 radical (unpaired) electrons. The number of rotatable bonds is 5. The number of hydrazine groups is 1. The Morgan fingerprint density at radius 3 is 2.58 bits per heavy atom. The molecule has 0 spiro atoms. The lowest BCUT2D eigenvalue weighted by Crippen LogP contribution is -2.31. The molecule has 0 aromatic heterocycles. The number of nitrogens with zero attached hydrogens (tertiary/aromatic N) is 1. The maximum Gasteiger partial charge on any atom is 0.110 e. The van der Waals surface area contributed by atoms with Crippen LogP contribution in [0.15, 0.2) is 4.99 Å². The third-order valence-electron chi connectivity index (χ3n) is 1.93. The molecule has 0 aliphatic rings. The second kappa shape index (κ2) is 7.10. The molecule has 72 valence electrons. The molecule has 3 N–H and O–H groups in total. The summed E-state index contributed by atoms with van der Waals surface area (Å²) in [5.74, 6) is 6.94. The Morgan fingerprint density at radius 2 is 2.17 bits per heavy atom. The molecular weight excluding hydrogens is 150 g/mol. The first-order valence-corrected chi connectivity index (χ1v) is 4.74. The lowest BCUT2D eigenvalue weighted by molar-refractivity contribution is 0.577. The van der Waals surface area contributed by atoms with Gasteiger partial charge in [0.15, 0.2) is 0 Å². The number of hydrogen-bond acceptors (Lipinski definition) is 2. The Kier molecular flexibility index (Phi) is 6.76. The predicted octanol–water partition coefficient (Wildman–Crippen LogP) is 1.69. The van der Waals surface area contributed by atoms with Crippen molar-refractivity contribution in [2.75, 3.05) is 6.54 Å². The molecule has 0 heterocycles. The summed E-state index contributed by atoms with van der Waals surface area (Å²) in [5, 5.41) is 0. The summed E-state index contributed by atoms with van der Waals surface area (Å²) in [6.07, 6.45) is 3.21. The van der Waals surface area contributed by atoms with Crippen LogP contribution in [0.5, 0.6) is 0 Å². The first kappa shape index (κ1) is 11.4. The average molecular weight is 171 g/mol. The van der Waals surface area contributed by atoms with Crippen LogP contribution >= 0.6 is 0 Å². The van der Waals surface area contributed by atoms with Crippen LogP contribution in [0.2, 0.25) is 0 Å². The maximum atomic E-state index is 5.34. The molecule has 0 aromatic rings. The highest BCUT2D eigenvalue weighted by Crippen LogP contribution is 2.06. The standard InChI is InChI=1S/C9H21N3/c1-4-6-11-9(12-10)7-8(3)5-2/h8H,4-7,10H2,1-3H3,(H,11,12). The largest absolute Gasteiger partial charge is 0.312 e. The van der Waals surface area contributed by atoms with E-state index in [9.17, 15) is 0 Å². The topological polar surface area (TPSA) is 50.4 Å². The van der Waals surface area contributed by atoms with Gasteiger partial charge in [-0.3, -0.25) is 4.99 Å². The molecule has 0 aliphatic heterocycles. The lowest BCUT2D eigenvalue weighted by Gasteiger charge is -2.10. The molecule has 0 rings (SSSR count). The van der Waals surface area contributed by atoms with Crippen LogP contribution in [-0.4, -0.2) is 12.4 Å². The fourth-order valence-corrected chi connectivity index (χ4v) is 0.890. The molecule has 12 heavy (non-hydrogen) atoms. The van der Waals surface area contributed by atoms with Gasteiger partial charge in [-0.2, -0.15) is 0 Å². The van der Waals surface area contributed by atoms with Gasteiger partial charge in [-0.25, -0.2) is 5.84 Å². The van der Waals surface area contributed by atoms with Crippen LogP contribution in [0.3, 0.4) is 0 Å². The van der Waals surface area contributed by atoms with Gasteiger partial charge in [-0.05, 0) is 12.3 Å². The minimum Gasteiger partial charge on any atom is -0.312 e. The zero-order chi connectivity index (χ0) is 9.40. The van der Waals surface area contributed by atoms with Crippen molar-refractivity contribution in [1.82, 2.24) is 5.43 Å². The van der Waals surface area contributed by atoms with Crippen molar-refractivity contribution in [2.24, 2.45) is 16.8 Å². The molecule has 0 aliphatic carbocycles. The summed E-state index contributed by atoms with van der Waals surface area (Å²) in [6, 6.07) is 0. The van der Waals surface area contributed by atoms with Gasteiger partial charge in [0.05, 0.1) is 0 Å². The Bertz CT molecular complexity index is 132. The SMILES string of the molecule is CCCN=C(CC(C)CC)NN. The Balaban J connectivity index is 3.81. The van der Waals surface area contributed by atoms with E-state index in [0.717, 1.165) is 25.2 Å². The molecular formula is C9H21N3. The quantitative estimate of drug-likeness (QED) is 0.286. The fourth-order valence-electron chi connectivity index (χ4n) is 0.890. The molecule has 1 atom stereocenters. The number of hydrogen-bond donors (Lipinski definition) is 2. The van der Waals surface area contributed by atoms with Crippen LogP contribution in [0.4, 0.5) is 0 Å². The molecule has 0 aromatic carbocycles. The smallest absolute Gasteiger partial charge is 0.110 e. The number of aliphatic imine (C=N–C) groups is 1. The van der Waals surface area contributed by atoms with Crippen LogP contribution < -0.4 is 11.3 Å². The Morgan fingerprint density at radius 1 is 1.50 bits per heavy atom. The predicted molar refractivity (Wildman–Crippen MR) is 54.0 cm³/mol. The summed E-state index contributed by atoms with van der Waals surface area (Å²) in [7, 11) is 0. The number of amidine groups is 1. The zero-order valence-electron chi connectivity index (χ0n) is 8.43. The third kappa shape index (κ3) is 5.13. The first-order valence-electron chi connectivity index (χ1n) is 4.74. The van der Waals surface area contributed by atoms with E-state index >= 15 is 0 Å². The van der Waals surface area contributed by atoms with Crippen LogP contribution in [0.1, 0.15) is 40.0 Å². The van der Waals surface area contributed by atoms with Gasteiger partial charge in [-0.15, -0.1) is 0 Å². The van der Waals surface area contributed by atoms with Gasteiger partial charge in [0.2, 0.25) is 0 Å². The Labute approximate surface area is 75.4 Å². The van der Waals surface area contributed by atoms with E-state index in [1.807, 2.05) is 0 Å². The monoisotopic (exact) mass is 171 g/mol. The highest BCUT2D eigenvalue weighted by atomic mass is 15.2. The Hall–Kier alpha value is -0.570. The van der Waals surface area contributed by atoms with E-state index < -0.39 is 0 Å². The van der Waals surface area contributed by atoms with Gasteiger partial charge in [0.25, 0.3) is 0 Å². The summed E-state index contributed by atoms with van der Waals surface area (Å²) >= 11 is 0. The summed E-state index contributed by atoms with van der Waals surface area (Å²) in [5.41, 5.74) is 2.65. The van der Waals surface area contributed by atoms with Crippen molar-refractivity contribution in [3.8, 4) is 0 Å². The van der Waals surface area contributed by atoms with Crippen LogP contribution in [0, 0.1) is 5.92 Å². The molecule has 1 unspecified atom stereocenters. The third-order valence-corrected chi connectivity index (χ3v) is 1.93. The van der Waals surface area contributed by atoms with Crippen LogP contribution in [0.25, 0.3) is 0 Å². The average Bonchev–Trinajstić information content (AvgIpc) is 2.11. The van der Waals surface area contributed by atoms with Crippen molar-refractivity contribution in [3.05, 3.63) is 0 Å². The maximum absolute atomic E-state index is 5.34. The molecule has 0 saturated carbocycles. The van der Waals surface area contributed by atoms with Gasteiger partial charge >= 0.3 is 0 Å². The lowest BCUT2D eigenvalue weighted by atomic mass is 10.1. The molecule has 3 heteroatoms. The van der Waals surface area contributed by atoms with E-state index in [0.29, 0.717) is 5.92 Å². The van der Waals surface area contributed by atoms with Crippen molar-refractivity contribution in [2.45, 2.75) is 40.0 Å². The zero-order valence-corrected chi connectivity index (χ0v) is 8.43. The highest BCUT2D eigenvalue weighted by molar-refractivity contribution is 5.81. The number of nitrogens with two attached hydrogens (primary N) is 1. The van der Waals surface area contributed by atoms with Gasteiger partial charge in [0.1, 0.15) is 5.84 Å². The second-order valence-electron chi connectivity index (χ2n) is 3.19. The first-order chi connectivity index (χ1) is 5.74. The van der Waals surface area contributed by atoms with Crippen LogP contribution in [-0.2, 0) is 0 Å². The summed E-state index contributed by atoms with van der Waals surface area (Å²) in [4.78, 5) is 4.33. The molecule has 0 saturated heterocycles. The minimum absolute atomic E-state index is 0.664. The van der Waals surface area contributed by atoms with E-state index in [1.165, 1.54) is 6.42 Å². The van der Waals surface area contributed by atoms with E-state index in [4.69, 9.17) is 5.84 Å². The molecule has 0 amide bonds. The number of nitrogens with one attached hydrogen (secondary N) is 1. The van der Waals surface area contributed by atoms with Crippen molar-refractivity contribution < 1.29 is 0 Å². The summed E-state index contributed by atoms with van der Waals surface area (Å²) in [6.45, 7) is 7.37. The van der Waals surface area contributed by atoms with E-state index in [1.54, 1.807) is 0 Å². The van der Waals surface area contributed by atoms with Crippen molar-refractivity contribution in [1.29, 1.82) is 0 Å². The summed E-state index contributed by atoms with van der Waals surface area (Å²) < 4.78 is 0. The normalized spacial score (nSPS) is 14.5. The van der Waals surface area contributed by atoms with Crippen molar-refractivity contribution >= 4 is 5.84 Å². The van der Waals surface area contributed by atoms with Gasteiger partial charge in [-0.1, -0.05) is 27.2 Å². The van der Waals surface area contributed by atoms with Gasteiger partial charge in [0, 0.05) is 13.0 Å². The van der Waals surface area contributed by atoms with E-state index in [2.05, 4.69) is 31.2 Å². The van der Waals surface area contributed by atoms with Gasteiger partial charge < -0.3 is 5.43 Å². The minimum atomic E-state index is 0.664. The molecule has 0 bridgehead atoms. The highest BCUT2D eigenvalue weighted by Gasteiger charge is 2.02. The fraction of sp³-hybridized carbons (Fsp3) is 0.889. The second-order valence-corrected chi connectivity index (χ2v) is 3.19.